The van der Waals surface area contributed by atoms with Gasteiger partial charge in [0.2, 0.25) is 0 Å². The number of rotatable bonds is 2. The zero-order chi connectivity index (χ0) is 10.9. The van der Waals surface area contributed by atoms with E-state index in [1.807, 2.05) is 26.8 Å². The van der Waals surface area contributed by atoms with Gasteiger partial charge in [-0.15, -0.1) is 0 Å². The lowest BCUT2D eigenvalue weighted by molar-refractivity contribution is -0.528. The summed E-state index contributed by atoms with van der Waals surface area (Å²) in [6.45, 7) is 5.74. The highest BCUT2D eigenvalue weighted by Gasteiger charge is 2.19. The number of benzene rings is 1. The second-order valence-electron chi connectivity index (χ2n) is 3.52. The molecule has 4 nitrogen and oxygen atoms in total. The molecule has 0 bridgehead atoms. The molecule has 0 aliphatic rings. The SMILES string of the molecule is Cc1cc(C)c(C(N)[N+](=O)[O-])cc1C. The van der Waals surface area contributed by atoms with Gasteiger partial charge in [-0.1, -0.05) is 6.07 Å². The van der Waals surface area contributed by atoms with Crippen molar-refractivity contribution in [3.05, 3.63) is 44.5 Å². The fourth-order valence-corrected chi connectivity index (χ4v) is 1.42. The van der Waals surface area contributed by atoms with E-state index in [1.165, 1.54) is 0 Å². The monoisotopic (exact) mass is 194 g/mol. The van der Waals surface area contributed by atoms with Gasteiger partial charge >= 0.3 is 0 Å². The smallest absolute Gasteiger partial charge is 0.264 e. The Balaban J connectivity index is 3.22. The van der Waals surface area contributed by atoms with Crippen molar-refractivity contribution >= 4 is 0 Å². The van der Waals surface area contributed by atoms with Crippen LogP contribution in [0.1, 0.15) is 28.4 Å². The van der Waals surface area contributed by atoms with E-state index in [4.69, 9.17) is 5.73 Å². The van der Waals surface area contributed by atoms with E-state index >= 15 is 0 Å². The lowest BCUT2D eigenvalue weighted by Crippen LogP contribution is -2.21. The third kappa shape index (κ3) is 1.90. The summed E-state index contributed by atoms with van der Waals surface area (Å²) >= 11 is 0. The Morgan fingerprint density at radius 3 is 2.21 bits per heavy atom. The summed E-state index contributed by atoms with van der Waals surface area (Å²) in [6.07, 6.45) is -1.12. The van der Waals surface area contributed by atoms with Gasteiger partial charge < -0.3 is 0 Å². The van der Waals surface area contributed by atoms with Crippen LogP contribution in [0.5, 0.6) is 0 Å². The Morgan fingerprint density at radius 1 is 1.21 bits per heavy atom. The molecule has 1 aromatic carbocycles. The van der Waals surface area contributed by atoms with E-state index in [-0.39, 0.29) is 0 Å². The Bertz CT molecular complexity index is 375. The number of aryl methyl sites for hydroxylation is 3. The number of hydrogen-bond acceptors (Lipinski definition) is 3. The van der Waals surface area contributed by atoms with Crippen molar-refractivity contribution in [2.75, 3.05) is 0 Å². The van der Waals surface area contributed by atoms with Gasteiger partial charge in [0.1, 0.15) is 0 Å². The van der Waals surface area contributed by atoms with Crippen molar-refractivity contribution in [2.24, 2.45) is 5.73 Å². The molecular formula is C10H14N2O2. The first-order chi connectivity index (χ1) is 6.43. The van der Waals surface area contributed by atoms with E-state index in [2.05, 4.69) is 0 Å². The normalized spacial score (nSPS) is 12.6. The predicted octanol–water partition coefficient (Wildman–Crippen LogP) is 1.85. The van der Waals surface area contributed by atoms with E-state index in [0.29, 0.717) is 5.56 Å². The van der Waals surface area contributed by atoms with Gasteiger partial charge in [-0.2, -0.15) is 0 Å². The Labute approximate surface area is 82.9 Å². The number of nitrogens with zero attached hydrogens (tertiary/aromatic N) is 1. The molecule has 0 amide bonds. The summed E-state index contributed by atoms with van der Waals surface area (Å²) in [6, 6.07) is 3.71. The first-order valence-electron chi connectivity index (χ1n) is 4.40. The van der Waals surface area contributed by atoms with Crippen molar-refractivity contribution in [3.8, 4) is 0 Å². The lowest BCUT2D eigenvalue weighted by atomic mass is 9.99. The molecule has 0 saturated heterocycles. The fraction of sp³-hybridized carbons (Fsp3) is 0.400. The highest BCUT2D eigenvalue weighted by atomic mass is 16.6. The van der Waals surface area contributed by atoms with Crippen molar-refractivity contribution < 1.29 is 4.92 Å². The fourth-order valence-electron chi connectivity index (χ4n) is 1.42. The molecule has 1 atom stereocenters. The topological polar surface area (TPSA) is 69.2 Å². The summed E-state index contributed by atoms with van der Waals surface area (Å²) in [4.78, 5) is 10.1. The van der Waals surface area contributed by atoms with Crippen molar-refractivity contribution in [1.29, 1.82) is 0 Å². The molecule has 1 unspecified atom stereocenters. The predicted molar refractivity (Wildman–Crippen MR) is 54.6 cm³/mol. The second kappa shape index (κ2) is 3.75. The first-order valence-corrected chi connectivity index (χ1v) is 4.40. The van der Waals surface area contributed by atoms with Crippen LogP contribution >= 0.6 is 0 Å². The minimum absolute atomic E-state index is 0.475. The van der Waals surface area contributed by atoms with E-state index in [0.717, 1.165) is 16.7 Å². The van der Waals surface area contributed by atoms with Crippen LogP contribution in [0, 0.1) is 30.9 Å². The maximum atomic E-state index is 10.5. The van der Waals surface area contributed by atoms with E-state index in [1.54, 1.807) is 6.07 Å². The lowest BCUT2D eigenvalue weighted by Gasteiger charge is -2.10. The minimum Gasteiger partial charge on any atom is -0.264 e. The first kappa shape index (κ1) is 10.7. The van der Waals surface area contributed by atoms with Crippen molar-refractivity contribution in [1.82, 2.24) is 0 Å². The molecule has 76 valence electrons. The summed E-state index contributed by atoms with van der Waals surface area (Å²) in [5, 5.41) is 10.5. The van der Waals surface area contributed by atoms with Gasteiger partial charge in [-0.25, -0.2) is 0 Å². The molecule has 4 heteroatoms. The molecule has 0 aliphatic heterocycles. The average molecular weight is 194 g/mol. The van der Waals surface area contributed by atoms with Gasteiger partial charge in [0.05, 0.1) is 0 Å². The van der Waals surface area contributed by atoms with Crippen LogP contribution in [0.15, 0.2) is 12.1 Å². The Morgan fingerprint density at radius 2 is 1.71 bits per heavy atom. The molecule has 0 aromatic heterocycles. The zero-order valence-corrected chi connectivity index (χ0v) is 8.57. The van der Waals surface area contributed by atoms with Crippen LogP contribution in [-0.2, 0) is 0 Å². The quantitative estimate of drug-likeness (QED) is 0.443. The van der Waals surface area contributed by atoms with Gasteiger partial charge in [0, 0.05) is 10.5 Å². The van der Waals surface area contributed by atoms with E-state index < -0.39 is 11.1 Å². The molecule has 0 spiro atoms. The van der Waals surface area contributed by atoms with Crippen LogP contribution in [0.25, 0.3) is 0 Å². The summed E-state index contributed by atoms with van der Waals surface area (Å²) in [5.74, 6) is 0. The third-order valence-electron chi connectivity index (χ3n) is 2.43. The molecule has 1 rings (SSSR count). The third-order valence-corrected chi connectivity index (χ3v) is 2.43. The largest absolute Gasteiger partial charge is 0.289 e. The highest BCUT2D eigenvalue weighted by Crippen LogP contribution is 2.20. The van der Waals surface area contributed by atoms with Crippen LogP contribution in [-0.4, -0.2) is 4.92 Å². The van der Waals surface area contributed by atoms with Gasteiger partial charge in [0.25, 0.3) is 6.17 Å². The summed E-state index contributed by atoms with van der Waals surface area (Å²) in [7, 11) is 0. The minimum atomic E-state index is -1.12. The van der Waals surface area contributed by atoms with Crippen molar-refractivity contribution in [3.63, 3.8) is 0 Å². The van der Waals surface area contributed by atoms with Crippen LogP contribution in [0.4, 0.5) is 0 Å². The molecule has 2 N–H and O–H groups in total. The summed E-state index contributed by atoms with van der Waals surface area (Å²) < 4.78 is 0. The maximum absolute atomic E-state index is 10.5. The molecule has 0 aliphatic carbocycles. The van der Waals surface area contributed by atoms with Crippen LogP contribution in [0.3, 0.4) is 0 Å². The average Bonchev–Trinajstić information content (AvgIpc) is 2.10. The number of nitro groups is 1. The van der Waals surface area contributed by atoms with Gasteiger partial charge in [-0.3, -0.25) is 15.8 Å². The maximum Gasteiger partial charge on any atom is 0.289 e. The summed E-state index contributed by atoms with van der Waals surface area (Å²) in [5.41, 5.74) is 9.08. The standard InChI is InChI=1S/C10H14N2O2/c1-6-4-8(3)9(5-7(6)2)10(11)12(13)14/h4-5,10H,11H2,1-3H3. The van der Waals surface area contributed by atoms with Gasteiger partial charge in [0.15, 0.2) is 0 Å². The molecule has 0 radical (unpaired) electrons. The molecule has 14 heavy (non-hydrogen) atoms. The van der Waals surface area contributed by atoms with Crippen LogP contribution < -0.4 is 5.73 Å². The Hall–Kier alpha value is -1.42. The zero-order valence-electron chi connectivity index (χ0n) is 8.57. The molecule has 1 aromatic rings. The Kier molecular flexibility index (Phi) is 2.86. The van der Waals surface area contributed by atoms with Crippen LogP contribution in [0.2, 0.25) is 0 Å². The van der Waals surface area contributed by atoms with Crippen molar-refractivity contribution in [2.45, 2.75) is 26.9 Å². The number of nitrogens with two attached hydrogens (primary N) is 1. The number of hydrogen-bond donors (Lipinski definition) is 1. The van der Waals surface area contributed by atoms with E-state index in [9.17, 15) is 10.1 Å². The molecule has 0 heterocycles. The highest BCUT2D eigenvalue weighted by molar-refractivity contribution is 5.37. The molecular weight excluding hydrogens is 180 g/mol. The molecule has 0 fully saturated rings. The molecule has 0 saturated carbocycles. The van der Waals surface area contributed by atoms with Gasteiger partial charge in [-0.05, 0) is 43.5 Å². The second-order valence-corrected chi connectivity index (χ2v) is 3.52.